The topological polar surface area (TPSA) is 98.7 Å². The second-order valence-electron chi connectivity index (χ2n) is 6.12. The summed E-state index contributed by atoms with van der Waals surface area (Å²) in [6.45, 7) is 2.67. The third kappa shape index (κ3) is 4.62. The van der Waals surface area contributed by atoms with Crippen molar-refractivity contribution in [2.75, 3.05) is 0 Å². The molecule has 2 aromatic rings. The fourth-order valence-electron chi connectivity index (χ4n) is 2.32. The summed E-state index contributed by atoms with van der Waals surface area (Å²) in [5.74, 6) is -1.89. The Labute approximate surface area is 144 Å². The number of benzene rings is 2. The van der Waals surface area contributed by atoms with Crippen LogP contribution >= 0.6 is 0 Å². The Morgan fingerprint density at radius 3 is 2.24 bits per heavy atom. The van der Waals surface area contributed by atoms with Gasteiger partial charge >= 0.3 is 0 Å². The first-order valence-electron chi connectivity index (χ1n) is 7.55. The standard InChI is InChI=1S/C18H19FN2O4/c1-18(2,24)15(17(23)21-25)20-16(22)12-8-6-11(7-9-12)13-4-3-5-14(19)10-13/h3-10,15,24-25H,1-2H3,(H,20,22)(H,21,23)/t15-/m1/s1. The normalized spacial score (nSPS) is 12.4. The fourth-order valence-corrected chi connectivity index (χ4v) is 2.32. The molecule has 7 heteroatoms. The zero-order chi connectivity index (χ0) is 18.6. The Hall–Kier alpha value is -2.77. The number of carbonyl (C=O) groups is 2. The Balaban J connectivity index is 2.18. The van der Waals surface area contributed by atoms with E-state index in [1.807, 2.05) is 0 Å². The molecule has 0 saturated heterocycles. The molecular weight excluding hydrogens is 327 g/mol. The van der Waals surface area contributed by atoms with Crippen LogP contribution in [0.15, 0.2) is 48.5 Å². The van der Waals surface area contributed by atoms with E-state index in [4.69, 9.17) is 5.21 Å². The Kier molecular flexibility index (Phi) is 5.51. The van der Waals surface area contributed by atoms with Gasteiger partial charge in [0.2, 0.25) is 0 Å². The van der Waals surface area contributed by atoms with Gasteiger partial charge in [0.1, 0.15) is 11.9 Å². The van der Waals surface area contributed by atoms with Gasteiger partial charge in [-0.05, 0) is 49.2 Å². The monoisotopic (exact) mass is 346 g/mol. The predicted octanol–water partition coefficient (Wildman–Crippen LogP) is 1.87. The van der Waals surface area contributed by atoms with E-state index in [-0.39, 0.29) is 11.4 Å². The third-order valence-electron chi connectivity index (χ3n) is 3.66. The van der Waals surface area contributed by atoms with Crippen molar-refractivity contribution in [3.05, 3.63) is 59.9 Å². The van der Waals surface area contributed by atoms with Gasteiger partial charge in [-0.3, -0.25) is 14.8 Å². The molecule has 4 N–H and O–H groups in total. The molecule has 0 spiro atoms. The number of hydroxylamine groups is 1. The highest BCUT2D eigenvalue weighted by Gasteiger charge is 2.34. The van der Waals surface area contributed by atoms with Crippen molar-refractivity contribution in [2.45, 2.75) is 25.5 Å². The van der Waals surface area contributed by atoms with Gasteiger partial charge in [-0.25, -0.2) is 9.87 Å². The van der Waals surface area contributed by atoms with Gasteiger partial charge in [0, 0.05) is 5.56 Å². The van der Waals surface area contributed by atoms with Crippen LogP contribution in [0.1, 0.15) is 24.2 Å². The van der Waals surface area contributed by atoms with Crippen molar-refractivity contribution in [3.8, 4) is 11.1 Å². The lowest BCUT2D eigenvalue weighted by Crippen LogP contribution is -2.57. The van der Waals surface area contributed by atoms with E-state index >= 15 is 0 Å². The lowest BCUT2D eigenvalue weighted by Gasteiger charge is -2.28. The summed E-state index contributed by atoms with van der Waals surface area (Å²) < 4.78 is 13.3. The summed E-state index contributed by atoms with van der Waals surface area (Å²) in [4.78, 5) is 23.9. The van der Waals surface area contributed by atoms with Crippen LogP contribution < -0.4 is 10.8 Å². The molecule has 0 aromatic heterocycles. The van der Waals surface area contributed by atoms with Crippen LogP contribution in [0.3, 0.4) is 0 Å². The summed E-state index contributed by atoms with van der Waals surface area (Å²) >= 11 is 0. The number of rotatable bonds is 5. The maximum absolute atomic E-state index is 13.3. The first-order chi connectivity index (χ1) is 11.7. The minimum atomic E-state index is -1.58. The molecule has 1 atom stereocenters. The maximum Gasteiger partial charge on any atom is 0.268 e. The molecule has 25 heavy (non-hydrogen) atoms. The highest BCUT2D eigenvalue weighted by Crippen LogP contribution is 2.21. The number of aliphatic hydroxyl groups is 1. The summed E-state index contributed by atoms with van der Waals surface area (Å²) in [6, 6.07) is 11.1. The number of amides is 2. The average molecular weight is 346 g/mol. The summed E-state index contributed by atoms with van der Waals surface area (Å²) in [7, 11) is 0. The molecule has 2 amide bonds. The molecule has 0 saturated carbocycles. The number of carbonyl (C=O) groups excluding carboxylic acids is 2. The summed E-state index contributed by atoms with van der Waals surface area (Å²) in [5.41, 5.74) is 1.48. The molecule has 0 fully saturated rings. The predicted molar refractivity (Wildman–Crippen MR) is 89.3 cm³/mol. The highest BCUT2D eigenvalue weighted by molar-refractivity contribution is 5.98. The van der Waals surface area contributed by atoms with Crippen molar-refractivity contribution in [1.82, 2.24) is 10.8 Å². The lowest BCUT2D eigenvalue weighted by molar-refractivity contribution is -0.136. The zero-order valence-corrected chi connectivity index (χ0v) is 13.8. The fraction of sp³-hybridized carbons (Fsp3) is 0.222. The minimum Gasteiger partial charge on any atom is -0.388 e. The maximum atomic E-state index is 13.3. The smallest absolute Gasteiger partial charge is 0.268 e. The molecule has 0 heterocycles. The summed E-state index contributed by atoms with van der Waals surface area (Å²) in [6.07, 6.45) is 0. The van der Waals surface area contributed by atoms with E-state index in [1.165, 1.54) is 43.6 Å². The molecule has 0 radical (unpaired) electrons. The third-order valence-corrected chi connectivity index (χ3v) is 3.66. The molecular formula is C18H19FN2O4. The number of nitrogens with one attached hydrogen (secondary N) is 2. The number of hydrogen-bond donors (Lipinski definition) is 4. The lowest BCUT2D eigenvalue weighted by atomic mass is 9.97. The van der Waals surface area contributed by atoms with Gasteiger partial charge in [-0.15, -0.1) is 0 Å². The zero-order valence-electron chi connectivity index (χ0n) is 13.8. The van der Waals surface area contributed by atoms with Gasteiger partial charge in [0.25, 0.3) is 11.8 Å². The van der Waals surface area contributed by atoms with Crippen LogP contribution in [0.25, 0.3) is 11.1 Å². The van der Waals surface area contributed by atoms with E-state index in [0.717, 1.165) is 5.56 Å². The quantitative estimate of drug-likeness (QED) is 0.491. The van der Waals surface area contributed by atoms with Crippen LogP contribution in [0.4, 0.5) is 4.39 Å². The van der Waals surface area contributed by atoms with Crippen LogP contribution in [0.2, 0.25) is 0 Å². The molecule has 0 aliphatic carbocycles. The van der Waals surface area contributed by atoms with E-state index in [2.05, 4.69) is 5.32 Å². The highest BCUT2D eigenvalue weighted by atomic mass is 19.1. The molecule has 2 rings (SSSR count). The van der Waals surface area contributed by atoms with E-state index in [1.54, 1.807) is 24.3 Å². The molecule has 2 aromatic carbocycles. The van der Waals surface area contributed by atoms with E-state index in [9.17, 15) is 19.1 Å². The van der Waals surface area contributed by atoms with Crippen LogP contribution in [-0.4, -0.2) is 33.8 Å². The Bertz CT molecular complexity index is 769. The van der Waals surface area contributed by atoms with E-state index < -0.39 is 23.5 Å². The van der Waals surface area contributed by atoms with Crippen molar-refractivity contribution in [1.29, 1.82) is 0 Å². The SMILES string of the molecule is CC(C)(O)[C@H](NC(=O)c1ccc(-c2cccc(F)c2)cc1)C(=O)NO. The van der Waals surface area contributed by atoms with Crippen LogP contribution in [0.5, 0.6) is 0 Å². The molecule has 0 aliphatic heterocycles. The first-order valence-corrected chi connectivity index (χ1v) is 7.55. The van der Waals surface area contributed by atoms with Gasteiger partial charge in [-0.2, -0.15) is 0 Å². The van der Waals surface area contributed by atoms with Gasteiger partial charge in [-0.1, -0.05) is 24.3 Å². The molecule has 0 bridgehead atoms. The van der Waals surface area contributed by atoms with E-state index in [0.29, 0.717) is 5.56 Å². The van der Waals surface area contributed by atoms with Crippen LogP contribution in [-0.2, 0) is 4.79 Å². The molecule has 0 unspecified atom stereocenters. The van der Waals surface area contributed by atoms with Crippen molar-refractivity contribution < 1.29 is 24.3 Å². The first kappa shape index (κ1) is 18.6. The molecule has 132 valence electrons. The molecule has 0 aliphatic rings. The largest absolute Gasteiger partial charge is 0.388 e. The Morgan fingerprint density at radius 2 is 1.72 bits per heavy atom. The van der Waals surface area contributed by atoms with Crippen LogP contribution in [0, 0.1) is 5.82 Å². The number of halogens is 1. The van der Waals surface area contributed by atoms with Crippen molar-refractivity contribution in [3.63, 3.8) is 0 Å². The second kappa shape index (κ2) is 7.42. The average Bonchev–Trinajstić information content (AvgIpc) is 2.58. The molecule has 6 nitrogen and oxygen atoms in total. The van der Waals surface area contributed by atoms with Crippen molar-refractivity contribution >= 4 is 11.8 Å². The van der Waals surface area contributed by atoms with Gasteiger partial charge in [0.15, 0.2) is 0 Å². The Morgan fingerprint density at radius 1 is 1.08 bits per heavy atom. The van der Waals surface area contributed by atoms with Gasteiger partial charge in [0.05, 0.1) is 5.60 Å². The second-order valence-corrected chi connectivity index (χ2v) is 6.12. The summed E-state index contributed by atoms with van der Waals surface area (Å²) in [5, 5.41) is 21.1. The van der Waals surface area contributed by atoms with Gasteiger partial charge < -0.3 is 10.4 Å². The number of hydrogen-bond acceptors (Lipinski definition) is 4. The minimum absolute atomic E-state index is 0.250. The van der Waals surface area contributed by atoms with Crippen molar-refractivity contribution in [2.24, 2.45) is 0 Å².